The summed E-state index contributed by atoms with van der Waals surface area (Å²) in [5, 5.41) is 10.4. The van der Waals surface area contributed by atoms with Crippen molar-refractivity contribution in [2.24, 2.45) is 0 Å². The summed E-state index contributed by atoms with van der Waals surface area (Å²) >= 11 is 1.43. The Morgan fingerprint density at radius 3 is 2.68 bits per heavy atom. The van der Waals surface area contributed by atoms with E-state index in [2.05, 4.69) is 0 Å². The van der Waals surface area contributed by atoms with Crippen LogP contribution in [0, 0.1) is 11.3 Å². The molecule has 1 aromatic heterocycles. The summed E-state index contributed by atoms with van der Waals surface area (Å²) < 4.78 is 0. The van der Waals surface area contributed by atoms with E-state index in [4.69, 9.17) is 5.26 Å². The Kier molecular flexibility index (Phi) is 4.53. The molecule has 0 bridgehead atoms. The molecule has 0 radical (unpaired) electrons. The normalized spacial score (nSPS) is 15.7. The third-order valence-corrected chi connectivity index (χ3v) is 3.96. The average molecular weight is 277 g/mol. The number of hydrogen-bond acceptors (Lipinski definition) is 4. The van der Waals surface area contributed by atoms with Crippen LogP contribution in [0.5, 0.6) is 0 Å². The van der Waals surface area contributed by atoms with Gasteiger partial charge in [-0.05, 0) is 17.9 Å². The first kappa shape index (κ1) is 13.6. The van der Waals surface area contributed by atoms with Gasteiger partial charge in [-0.1, -0.05) is 6.07 Å². The van der Waals surface area contributed by atoms with Crippen molar-refractivity contribution in [2.75, 3.05) is 26.2 Å². The Balaban J connectivity index is 1.95. The van der Waals surface area contributed by atoms with Crippen LogP contribution in [-0.2, 0) is 4.79 Å². The standard InChI is InChI=1S/C13H15N3O2S/c14-5-4-12(17)15-6-2-7-16(9-8-15)13(18)11-3-1-10-19-11/h1,3,10H,2,4,6-9H2. The van der Waals surface area contributed by atoms with E-state index >= 15 is 0 Å². The molecule has 2 amide bonds. The molecule has 100 valence electrons. The fraction of sp³-hybridized carbons (Fsp3) is 0.462. The van der Waals surface area contributed by atoms with Gasteiger partial charge in [0.25, 0.3) is 5.91 Å². The van der Waals surface area contributed by atoms with Gasteiger partial charge in [0.1, 0.15) is 6.42 Å². The van der Waals surface area contributed by atoms with Gasteiger partial charge in [0.2, 0.25) is 5.91 Å². The van der Waals surface area contributed by atoms with E-state index in [-0.39, 0.29) is 18.2 Å². The highest BCUT2D eigenvalue weighted by Gasteiger charge is 2.22. The third kappa shape index (κ3) is 3.32. The predicted octanol–water partition coefficient (Wildman–Crippen LogP) is 1.34. The van der Waals surface area contributed by atoms with Gasteiger partial charge in [0, 0.05) is 26.2 Å². The van der Waals surface area contributed by atoms with Gasteiger partial charge in [-0.15, -0.1) is 11.3 Å². The summed E-state index contributed by atoms with van der Waals surface area (Å²) in [6.45, 7) is 2.33. The van der Waals surface area contributed by atoms with E-state index < -0.39 is 0 Å². The first-order chi connectivity index (χ1) is 9.22. The molecule has 0 N–H and O–H groups in total. The fourth-order valence-corrected chi connectivity index (χ4v) is 2.80. The molecule has 2 rings (SSSR count). The Morgan fingerprint density at radius 2 is 2.00 bits per heavy atom. The molecule has 6 heteroatoms. The lowest BCUT2D eigenvalue weighted by Gasteiger charge is -2.21. The molecule has 0 saturated carbocycles. The van der Waals surface area contributed by atoms with Crippen LogP contribution >= 0.6 is 11.3 Å². The Labute approximate surface area is 116 Å². The highest BCUT2D eigenvalue weighted by Crippen LogP contribution is 2.14. The summed E-state index contributed by atoms with van der Waals surface area (Å²) in [5.41, 5.74) is 0. The lowest BCUT2D eigenvalue weighted by molar-refractivity contribution is -0.129. The zero-order valence-electron chi connectivity index (χ0n) is 10.5. The van der Waals surface area contributed by atoms with E-state index in [1.807, 2.05) is 23.6 Å². The van der Waals surface area contributed by atoms with Crippen LogP contribution < -0.4 is 0 Å². The van der Waals surface area contributed by atoms with Crippen molar-refractivity contribution in [2.45, 2.75) is 12.8 Å². The van der Waals surface area contributed by atoms with E-state index in [1.54, 1.807) is 9.80 Å². The minimum atomic E-state index is -0.145. The number of hydrogen-bond donors (Lipinski definition) is 0. The summed E-state index contributed by atoms with van der Waals surface area (Å²) in [6, 6.07) is 5.55. The summed E-state index contributed by atoms with van der Waals surface area (Å²) in [7, 11) is 0. The minimum absolute atomic E-state index is 0.0320. The van der Waals surface area contributed by atoms with Gasteiger partial charge in [0.05, 0.1) is 10.9 Å². The molecular formula is C13H15N3O2S. The van der Waals surface area contributed by atoms with E-state index in [0.717, 1.165) is 11.3 Å². The van der Waals surface area contributed by atoms with Crippen molar-refractivity contribution in [1.29, 1.82) is 5.26 Å². The molecule has 1 aliphatic rings. The largest absolute Gasteiger partial charge is 0.340 e. The second-order valence-electron chi connectivity index (χ2n) is 4.34. The van der Waals surface area contributed by atoms with E-state index in [1.165, 1.54) is 11.3 Å². The first-order valence-corrected chi connectivity index (χ1v) is 7.08. The predicted molar refractivity (Wildman–Crippen MR) is 71.6 cm³/mol. The van der Waals surface area contributed by atoms with E-state index in [9.17, 15) is 9.59 Å². The quantitative estimate of drug-likeness (QED) is 0.819. The second-order valence-corrected chi connectivity index (χ2v) is 5.29. The van der Waals surface area contributed by atoms with Crippen LogP contribution in [0.3, 0.4) is 0 Å². The number of nitriles is 1. The average Bonchev–Trinajstić information content (AvgIpc) is 2.82. The van der Waals surface area contributed by atoms with Crippen molar-refractivity contribution in [1.82, 2.24) is 9.80 Å². The van der Waals surface area contributed by atoms with Crippen LogP contribution in [0.25, 0.3) is 0 Å². The number of rotatable bonds is 2. The monoisotopic (exact) mass is 277 g/mol. The lowest BCUT2D eigenvalue weighted by atomic mass is 10.3. The van der Waals surface area contributed by atoms with Gasteiger partial charge in [-0.25, -0.2) is 0 Å². The number of nitrogens with zero attached hydrogens (tertiary/aromatic N) is 3. The highest BCUT2D eigenvalue weighted by molar-refractivity contribution is 7.12. The SMILES string of the molecule is N#CCC(=O)N1CCCN(C(=O)c2cccs2)CC1. The van der Waals surface area contributed by atoms with Crippen LogP contribution in [-0.4, -0.2) is 47.8 Å². The van der Waals surface area contributed by atoms with E-state index in [0.29, 0.717) is 26.2 Å². The minimum Gasteiger partial charge on any atom is -0.340 e. The zero-order valence-corrected chi connectivity index (χ0v) is 11.4. The molecule has 19 heavy (non-hydrogen) atoms. The smallest absolute Gasteiger partial charge is 0.263 e. The van der Waals surface area contributed by atoms with Crippen molar-refractivity contribution in [3.05, 3.63) is 22.4 Å². The van der Waals surface area contributed by atoms with Gasteiger partial charge >= 0.3 is 0 Å². The zero-order chi connectivity index (χ0) is 13.7. The molecule has 2 heterocycles. The number of carbonyl (C=O) groups is 2. The number of amides is 2. The number of carbonyl (C=O) groups excluding carboxylic acids is 2. The third-order valence-electron chi connectivity index (χ3n) is 3.10. The van der Waals surface area contributed by atoms with Crippen LogP contribution in [0.15, 0.2) is 17.5 Å². The molecule has 1 aromatic rings. The molecule has 0 unspecified atom stereocenters. The van der Waals surface area contributed by atoms with Crippen molar-refractivity contribution < 1.29 is 9.59 Å². The first-order valence-electron chi connectivity index (χ1n) is 6.20. The van der Waals surface area contributed by atoms with Crippen molar-refractivity contribution in [3.63, 3.8) is 0 Å². The molecule has 5 nitrogen and oxygen atoms in total. The van der Waals surface area contributed by atoms with Crippen LogP contribution in [0.2, 0.25) is 0 Å². The highest BCUT2D eigenvalue weighted by atomic mass is 32.1. The maximum atomic E-state index is 12.2. The maximum Gasteiger partial charge on any atom is 0.263 e. The lowest BCUT2D eigenvalue weighted by Crippen LogP contribution is -2.37. The van der Waals surface area contributed by atoms with Gasteiger partial charge < -0.3 is 9.80 Å². The molecule has 1 aliphatic heterocycles. The van der Waals surface area contributed by atoms with Gasteiger partial charge in [-0.2, -0.15) is 5.26 Å². The van der Waals surface area contributed by atoms with Crippen molar-refractivity contribution in [3.8, 4) is 6.07 Å². The summed E-state index contributed by atoms with van der Waals surface area (Å²) in [6.07, 6.45) is 0.674. The van der Waals surface area contributed by atoms with Gasteiger partial charge in [-0.3, -0.25) is 9.59 Å². The molecule has 0 aromatic carbocycles. The molecule has 0 spiro atoms. The summed E-state index contributed by atoms with van der Waals surface area (Å²) in [5.74, 6) is -0.113. The summed E-state index contributed by atoms with van der Waals surface area (Å²) in [4.78, 5) is 28.0. The van der Waals surface area contributed by atoms with Crippen molar-refractivity contribution >= 4 is 23.2 Å². The molecule has 1 fully saturated rings. The Bertz CT molecular complexity index is 492. The molecule has 0 aliphatic carbocycles. The number of thiophene rings is 1. The molecular weight excluding hydrogens is 262 g/mol. The molecule has 1 saturated heterocycles. The van der Waals surface area contributed by atoms with Crippen LogP contribution in [0.1, 0.15) is 22.5 Å². The second kappa shape index (κ2) is 6.34. The van der Waals surface area contributed by atoms with Crippen LogP contribution in [0.4, 0.5) is 0 Å². The van der Waals surface area contributed by atoms with Gasteiger partial charge in [0.15, 0.2) is 0 Å². The fourth-order valence-electron chi connectivity index (χ4n) is 2.11. The Morgan fingerprint density at radius 1 is 1.26 bits per heavy atom. The molecule has 0 atom stereocenters. The topological polar surface area (TPSA) is 64.4 Å². The maximum absolute atomic E-state index is 12.2. The Hall–Kier alpha value is -1.87.